The molecule has 0 radical (unpaired) electrons. The summed E-state index contributed by atoms with van der Waals surface area (Å²) >= 11 is 1.87. The molecule has 10 aromatic rings. The molecule has 0 unspecified atom stereocenters. The van der Waals surface area contributed by atoms with Gasteiger partial charge in [0.15, 0.2) is 0 Å². The molecule has 0 spiro atoms. The minimum atomic E-state index is -0.659. The van der Waals surface area contributed by atoms with Crippen molar-refractivity contribution in [2.45, 2.75) is 20.6 Å². The molecule has 2 aliphatic heterocycles. The summed E-state index contributed by atoms with van der Waals surface area (Å²) in [6.45, 7) is 0. The number of hydrogen-bond donors (Lipinski definition) is 0. The monoisotopic (exact) mass is 771 g/mol. The van der Waals surface area contributed by atoms with Crippen molar-refractivity contribution in [3.8, 4) is 0 Å². The van der Waals surface area contributed by atoms with Crippen LogP contribution in [0.4, 0.5) is 17.1 Å². The third kappa shape index (κ3) is 4.83. The Morgan fingerprint density at radius 1 is 0.339 bits per heavy atom. The molecule has 2 aliphatic rings. The van der Waals surface area contributed by atoms with Gasteiger partial charge in [0.1, 0.15) is 11.2 Å². The molecular formula is C56H37NOS. The fraction of sp³-hybridized carbons (Fsp3) is 0.0357. The Kier molecular flexibility index (Phi) is 7.63. The van der Waals surface area contributed by atoms with E-state index in [4.69, 9.17) is 4.42 Å². The topological polar surface area (TPSA) is 16.4 Å². The van der Waals surface area contributed by atoms with E-state index in [1.165, 1.54) is 54.3 Å². The van der Waals surface area contributed by atoms with Crippen LogP contribution in [0, 0.1) is 0 Å². The van der Waals surface area contributed by atoms with E-state index < -0.39 is 10.8 Å². The summed E-state index contributed by atoms with van der Waals surface area (Å²) in [6.07, 6.45) is 0. The van der Waals surface area contributed by atoms with Crippen molar-refractivity contribution in [3.63, 3.8) is 0 Å². The van der Waals surface area contributed by atoms with Gasteiger partial charge in [0, 0.05) is 26.3 Å². The molecule has 0 amide bonds. The predicted octanol–water partition coefficient (Wildman–Crippen LogP) is 14.6. The molecule has 3 heteroatoms. The van der Waals surface area contributed by atoms with Gasteiger partial charge in [-0.05, 0) is 93.0 Å². The first-order chi connectivity index (χ1) is 29.3. The SMILES string of the molecule is c1ccc(C2(c3ccc4c(c3)C(c3ccccc3)(c3ccccc3)c3ccccc3N4c3ccc4oc5ccccc5c4c3)c3ccccc3Sc3ccccc32)cc1. The lowest BCUT2D eigenvalue weighted by Gasteiger charge is -2.48. The van der Waals surface area contributed by atoms with E-state index in [2.05, 4.69) is 223 Å². The molecule has 12 rings (SSSR count). The summed E-state index contributed by atoms with van der Waals surface area (Å²) in [7, 11) is 0. The lowest BCUT2D eigenvalue weighted by Crippen LogP contribution is -2.39. The lowest BCUT2D eigenvalue weighted by atomic mass is 9.60. The van der Waals surface area contributed by atoms with Crippen LogP contribution >= 0.6 is 11.8 Å². The van der Waals surface area contributed by atoms with Crippen LogP contribution in [0.2, 0.25) is 0 Å². The fourth-order valence-corrected chi connectivity index (χ4v) is 11.5. The standard InChI is InChI=1S/C56H37NOS/c1-4-18-38(19-5-1)55(39-20-6-2-7-21-39)45-25-11-14-28-49(45)57(42-33-35-52-44(37-42)43-24-10-15-29-51(43)58-52)50-34-32-41(36-48(50)55)56(40-22-8-3-9-23-40)46-26-12-16-30-53(46)59-54-31-17-13-27-47(54)56/h1-37H. The first kappa shape index (κ1) is 34.0. The zero-order chi connectivity index (χ0) is 39.0. The van der Waals surface area contributed by atoms with Crippen LogP contribution in [0.3, 0.4) is 0 Å². The summed E-state index contributed by atoms with van der Waals surface area (Å²) in [5, 5.41) is 2.22. The average Bonchev–Trinajstić information content (AvgIpc) is 3.69. The highest BCUT2D eigenvalue weighted by Crippen LogP contribution is 2.61. The van der Waals surface area contributed by atoms with Gasteiger partial charge >= 0.3 is 0 Å². The van der Waals surface area contributed by atoms with Crippen molar-refractivity contribution in [3.05, 3.63) is 269 Å². The van der Waals surface area contributed by atoms with Gasteiger partial charge in [-0.2, -0.15) is 0 Å². The van der Waals surface area contributed by atoms with E-state index in [1.807, 2.05) is 17.8 Å². The summed E-state index contributed by atoms with van der Waals surface area (Å²) in [5.41, 5.74) is 13.9. The second kappa shape index (κ2) is 13.2. The van der Waals surface area contributed by atoms with Crippen LogP contribution in [0.15, 0.2) is 239 Å². The van der Waals surface area contributed by atoms with Crippen LogP contribution < -0.4 is 4.90 Å². The number of para-hydroxylation sites is 2. The maximum Gasteiger partial charge on any atom is 0.135 e. The first-order valence-electron chi connectivity index (χ1n) is 20.3. The Morgan fingerprint density at radius 3 is 1.47 bits per heavy atom. The second-order valence-corrected chi connectivity index (χ2v) is 16.6. The van der Waals surface area contributed by atoms with Gasteiger partial charge in [-0.3, -0.25) is 0 Å². The van der Waals surface area contributed by atoms with E-state index in [0.29, 0.717) is 0 Å². The van der Waals surface area contributed by atoms with Gasteiger partial charge in [-0.1, -0.05) is 188 Å². The van der Waals surface area contributed by atoms with Crippen molar-refractivity contribution < 1.29 is 4.42 Å². The van der Waals surface area contributed by atoms with E-state index in [0.717, 1.165) is 39.0 Å². The normalized spacial score (nSPS) is 14.6. The molecule has 3 heterocycles. The Labute approximate surface area is 348 Å². The maximum atomic E-state index is 6.36. The van der Waals surface area contributed by atoms with Crippen LogP contribution in [-0.4, -0.2) is 0 Å². The molecule has 0 saturated carbocycles. The van der Waals surface area contributed by atoms with Gasteiger partial charge in [0.25, 0.3) is 0 Å². The molecule has 0 N–H and O–H groups in total. The van der Waals surface area contributed by atoms with Crippen molar-refractivity contribution >= 4 is 50.8 Å². The number of anilines is 3. The van der Waals surface area contributed by atoms with Crippen LogP contribution in [0.1, 0.15) is 44.5 Å². The summed E-state index contributed by atoms with van der Waals surface area (Å²) in [4.78, 5) is 5.03. The average molecular weight is 772 g/mol. The molecular weight excluding hydrogens is 735 g/mol. The minimum absolute atomic E-state index is 0.593. The van der Waals surface area contributed by atoms with Gasteiger partial charge in [-0.25, -0.2) is 0 Å². The minimum Gasteiger partial charge on any atom is -0.456 e. The Bertz CT molecular complexity index is 3120. The van der Waals surface area contributed by atoms with Gasteiger partial charge in [0.05, 0.1) is 22.2 Å². The number of fused-ring (bicyclic) bond motifs is 7. The third-order valence-corrected chi connectivity index (χ3v) is 13.8. The van der Waals surface area contributed by atoms with Gasteiger partial charge in [-0.15, -0.1) is 0 Å². The molecule has 9 aromatic carbocycles. The number of rotatable bonds is 5. The second-order valence-electron chi connectivity index (χ2n) is 15.6. The Morgan fingerprint density at radius 2 is 0.831 bits per heavy atom. The smallest absolute Gasteiger partial charge is 0.135 e. The lowest BCUT2D eigenvalue weighted by molar-refractivity contribution is 0.669. The van der Waals surface area contributed by atoms with Crippen molar-refractivity contribution in [1.82, 2.24) is 0 Å². The van der Waals surface area contributed by atoms with E-state index in [-0.39, 0.29) is 0 Å². The number of furan rings is 1. The highest BCUT2D eigenvalue weighted by atomic mass is 32.2. The molecule has 0 atom stereocenters. The summed E-state index contributed by atoms with van der Waals surface area (Å²) < 4.78 is 6.36. The van der Waals surface area contributed by atoms with Crippen molar-refractivity contribution in [2.24, 2.45) is 0 Å². The first-order valence-corrected chi connectivity index (χ1v) is 21.1. The van der Waals surface area contributed by atoms with Gasteiger partial charge in [0.2, 0.25) is 0 Å². The molecule has 0 bridgehead atoms. The van der Waals surface area contributed by atoms with Crippen molar-refractivity contribution in [2.75, 3.05) is 4.90 Å². The molecule has 278 valence electrons. The number of benzene rings is 9. The third-order valence-electron chi connectivity index (χ3n) is 12.7. The quantitative estimate of drug-likeness (QED) is 0.173. The highest BCUT2D eigenvalue weighted by Gasteiger charge is 2.49. The van der Waals surface area contributed by atoms with E-state index in [1.54, 1.807) is 0 Å². The molecule has 0 saturated heterocycles. The maximum absolute atomic E-state index is 6.36. The Balaban J connectivity index is 1.24. The zero-order valence-corrected chi connectivity index (χ0v) is 32.9. The molecule has 2 nitrogen and oxygen atoms in total. The van der Waals surface area contributed by atoms with Gasteiger partial charge < -0.3 is 9.32 Å². The van der Waals surface area contributed by atoms with E-state index >= 15 is 0 Å². The number of hydrogen-bond acceptors (Lipinski definition) is 3. The van der Waals surface area contributed by atoms with Crippen LogP contribution in [-0.2, 0) is 10.8 Å². The van der Waals surface area contributed by atoms with E-state index in [9.17, 15) is 0 Å². The largest absolute Gasteiger partial charge is 0.456 e. The molecule has 0 aliphatic carbocycles. The molecule has 0 fully saturated rings. The molecule has 59 heavy (non-hydrogen) atoms. The Hall–Kier alpha value is -7.07. The number of nitrogens with zero attached hydrogens (tertiary/aromatic N) is 1. The van der Waals surface area contributed by atoms with Crippen molar-refractivity contribution in [1.29, 1.82) is 0 Å². The highest BCUT2D eigenvalue weighted by molar-refractivity contribution is 7.99. The van der Waals surface area contributed by atoms with Crippen LogP contribution in [0.5, 0.6) is 0 Å². The molecule has 1 aromatic heterocycles. The zero-order valence-electron chi connectivity index (χ0n) is 32.1. The van der Waals surface area contributed by atoms with Crippen LogP contribution in [0.25, 0.3) is 21.9 Å². The predicted molar refractivity (Wildman–Crippen MR) is 243 cm³/mol. The summed E-state index contributed by atoms with van der Waals surface area (Å²) in [6, 6.07) is 82.8. The summed E-state index contributed by atoms with van der Waals surface area (Å²) in [5.74, 6) is 0. The fourth-order valence-electron chi connectivity index (χ4n) is 10.3.